The first-order chi connectivity index (χ1) is 8.54. The summed E-state index contributed by atoms with van der Waals surface area (Å²) in [6, 6.07) is 4.06. The minimum absolute atomic E-state index is 0.0323. The first-order valence-corrected chi connectivity index (χ1v) is 7.76. The molecule has 2 rings (SSSR count). The van der Waals surface area contributed by atoms with E-state index in [2.05, 4.69) is 27.0 Å². The van der Waals surface area contributed by atoms with Gasteiger partial charge in [0.25, 0.3) is 0 Å². The van der Waals surface area contributed by atoms with Crippen LogP contribution in [0.15, 0.2) is 27.3 Å². The normalized spacial score (nSPS) is 10.8. The molecule has 2 aromatic heterocycles. The molecule has 0 aromatic carbocycles. The highest BCUT2D eigenvalue weighted by Crippen LogP contribution is 2.25. The number of halogens is 1. The van der Waals surface area contributed by atoms with E-state index in [1.54, 1.807) is 11.3 Å². The van der Waals surface area contributed by atoms with Gasteiger partial charge in [-0.3, -0.25) is 4.79 Å². The molecule has 0 amide bonds. The third kappa shape index (κ3) is 3.60. The average Bonchev–Trinajstić information content (AvgIpc) is 2.83. The molecule has 4 nitrogen and oxygen atoms in total. The highest BCUT2D eigenvalue weighted by Gasteiger charge is 2.10. The van der Waals surface area contributed by atoms with Gasteiger partial charge in [0, 0.05) is 11.1 Å². The Kier molecular flexibility index (Phi) is 4.47. The quantitative estimate of drug-likeness (QED) is 0.844. The van der Waals surface area contributed by atoms with E-state index in [0.29, 0.717) is 0 Å². The van der Waals surface area contributed by atoms with E-state index in [0.717, 1.165) is 21.2 Å². The fourth-order valence-corrected chi connectivity index (χ4v) is 3.71. The molecule has 0 saturated heterocycles. The molecule has 2 heterocycles. The molecular weight excluding hydrogens is 336 g/mol. The van der Waals surface area contributed by atoms with Crippen LogP contribution in [0.5, 0.6) is 0 Å². The number of rotatable bonds is 5. The van der Waals surface area contributed by atoms with Gasteiger partial charge in [0.2, 0.25) is 0 Å². The number of carboxylic acid groups (broad SMARTS) is 1. The number of carboxylic acids is 1. The van der Waals surface area contributed by atoms with Crippen LogP contribution in [0.1, 0.15) is 10.6 Å². The van der Waals surface area contributed by atoms with Crippen molar-refractivity contribution in [3.8, 4) is 0 Å². The van der Waals surface area contributed by atoms with Crippen LogP contribution in [-0.2, 0) is 11.3 Å². The van der Waals surface area contributed by atoms with Crippen molar-refractivity contribution in [2.75, 3.05) is 5.75 Å². The van der Waals surface area contributed by atoms with Crippen LogP contribution in [0.25, 0.3) is 0 Å². The van der Waals surface area contributed by atoms with E-state index >= 15 is 0 Å². The zero-order valence-corrected chi connectivity index (χ0v) is 12.8. The molecule has 0 atom stereocenters. The number of imidazole rings is 1. The van der Waals surface area contributed by atoms with Crippen LogP contribution in [0.3, 0.4) is 0 Å². The van der Waals surface area contributed by atoms with Crippen LogP contribution >= 0.6 is 39.0 Å². The number of nitrogens with zero attached hydrogens (tertiary/aromatic N) is 2. The van der Waals surface area contributed by atoms with Crippen molar-refractivity contribution in [3.05, 3.63) is 32.7 Å². The lowest BCUT2D eigenvalue weighted by atomic mass is 10.4. The summed E-state index contributed by atoms with van der Waals surface area (Å²) in [5.41, 5.74) is 0.901. The Hall–Kier alpha value is -0.790. The summed E-state index contributed by atoms with van der Waals surface area (Å²) in [6.45, 7) is 2.63. The predicted molar refractivity (Wildman–Crippen MR) is 76.4 cm³/mol. The van der Waals surface area contributed by atoms with Gasteiger partial charge >= 0.3 is 5.97 Å². The van der Waals surface area contributed by atoms with E-state index in [1.807, 2.05) is 23.8 Å². The van der Waals surface area contributed by atoms with Crippen molar-refractivity contribution < 1.29 is 9.90 Å². The van der Waals surface area contributed by atoms with Crippen LogP contribution < -0.4 is 0 Å². The lowest BCUT2D eigenvalue weighted by molar-refractivity contribution is -0.133. The van der Waals surface area contributed by atoms with E-state index < -0.39 is 5.97 Å². The fraction of sp³-hybridized carbons (Fsp3) is 0.273. The Morgan fingerprint density at radius 3 is 3.00 bits per heavy atom. The number of hydrogen-bond acceptors (Lipinski definition) is 4. The molecule has 0 fully saturated rings. The Morgan fingerprint density at radius 2 is 2.39 bits per heavy atom. The second-order valence-electron chi connectivity index (χ2n) is 3.68. The van der Waals surface area contributed by atoms with Gasteiger partial charge in [-0.25, -0.2) is 4.98 Å². The third-order valence-electron chi connectivity index (χ3n) is 2.14. The maximum atomic E-state index is 10.6. The number of aliphatic carboxylic acids is 1. The second-order valence-corrected chi connectivity index (χ2v) is 7.17. The topological polar surface area (TPSA) is 55.1 Å². The largest absolute Gasteiger partial charge is 0.481 e. The van der Waals surface area contributed by atoms with Crippen molar-refractivity contribution in [2.45, 2.75) is 18.6 Å². The summed E-state index contributed by atoms with van der Waals surface area (Å²) in [5.74, 6) is -0.795. The summed E-state index contributed by atoms with van der Waals surface area (Å²) in [4.78, 5) is 16.1. The maximum Gasteiger partial charge on any atom is 0.313 e. The van der Waals surface area contributed by atoms with Crippen LogP contribution in [0, 0.1) is 6.92 Å². The number of carbonyl (C=O) groups is 1. The molecule has 0 spiro atoms. The third-order valence-corrected chi connectivity index (χ3v) is 4.72. The Bertz CT molecular complexity index is 565. The molecule has 2 aromatic rings. The molecular formula is C11H11BrN2O2S2. The molecule has 0 aliphatic carbocycles. The smallest absolute Gasteiger partial charge is 0.313 e. The average molecular weight is 347 g/mol. The highest BCUT2D eigenvalue weighted by atomic mass is 79.9. The van der Waals surface area contributed by atoms with E-state index in [9.17, 15) is 4.79 Å². The summed E-state index contributed by atoms with van der Waals surface area (Å²) >= 11 is 6.34. The first kappa shape index (κ1) is 13.6. The molecule has 0 unspecified atom stereocenters. The summed E-state index contributed by atoms with van der Waals surface area (Å²) in [7, 11) is 0. The van der Waals surface area contributed by atoms with Gasteiger partial charge < -0.3 is 9.67 Å². The molecule has 1 N–H and O–H groups in total. The molecule has 7 heteroatoms. The molecule has 0 bridgehead atoms. The summed E-state index contributed by atoms with van der Waals surface area (Å²) < 4.78 is 3.08. The van der Waals surface area contributed by atoms with Gasteiger partial charge in [0.15, 0.2) is 5.16 Å². The van der Waals surface area contributed by atoms with Crippen molar-refractivity contribution in [1.29, 1.82) is 0 Å². The highest BCUT2D eigenvalue weighted by molar-refractivity contribution is 9.11. The lowest BCUT2D eigenvalue weighted by Crippen LogP contribution is -2.02. The van der Waals surface area contributed by atoms with Crippen molar-refractivity contribution >= 4 is 45.0 Å². The number of thioether (sulfide) groups is 1. The zero-order valence-electron chi connectivity index (χ0n) is 9.59. The minimum atomic E-state index is -0.828. The Balaban J connectivity index is 2.14. The van der Waals surface area contributed by atoms with E-state index in [-0.39, 0.29) is 5.75 Å². The molecule has 0 radical (unpaired) electrons. The molecule has 18 heavy (non-hydrogen) atoms. The Morgan fingerprint density at radius 1 is 1.61 bits per heavy atom. The van der Waals surface area contributed by atoms with Crippen molar-refractivity contribution in [3.63, 3.8) is 0 Å². The summed E-state index contributed by atoms with van der Waals surface area (Å²) in [5, 5.41) is 9.45. The SMILES string of the molecule is Cc1cn(Cc2ccc(Br)s2)c(SCC(=O)O)n1. The monoisotopic (exact) mass is 346 g/mol. The number of hydrogen-bond donors (Lipinski definition) is 1. The van der Waals surface area contributed by atoms with Gasteiger partial charge in [-0.2, -0.15) is 0 Å². The first-order valence-electron chi connectivity index (χ1n) is 5.17. The number of thiophene rings is 1. The molecule has 96 valence electrons. The van der Waals surface area contributed by atoms with Crippen LogP contribution in [0.4, 0.5) is 0 Å². The standard InChI is InChI=1S/C11H11BrN2O2S2/c1-7-4-14(5-8-2-3-9(12)18-8)11(13-7)17-6-10(15)16/h2-4H,5-6H2,1H3,(H,15,16). The van der Waals surface area contributed by atoms with Crippen LogP contribution in [0.2, 0.25) is 0 Å². The van der Waals surface area contributed by atoms with Gasteiger partial charge in [-0.05, 0) is 35.0 Å². The van der Waals surface area contributed by atoms with Crippen molar-refractivity contribution in [2.24, 2.45) is 0 Å². The molecule has 0 saturated carbocycles. The fourth-order valence-electron chi connectivity index (χ4n) is 1.48. The lowest BCUT2D eigenvalue weighted by Gasteiger charge is -2.04. The van der Waals surface area contributed by atoms with E-state index in [4.69, 9.17) is 5.11 Å². The van der Waals surface area contributed by atoms with E-state index in [1.165, 1.54) is 16.6 Å². The zero-order chi connectivity index (χ0) is 13.1. The number of aromatic nitrogens is 2. The van der Waals surface area contributed by atoms with Gasteiger partial charge in [-0.1, -0.05) is 11.8 Å². The van der Waals surface area contributed by atoms with Crippen LogP contribution in [-0.4, -0.2) is 26.4 Å². The maximum absolute atomic E-state index is 10.6. The number of aryl methyl sites for hydroxylation is 1. The van der Waals surface area contributed by atoms with Gasteiger partial charge in [0.05, 0.1) is 21.8 Å². The Labute approximate surface area is 121 Å². The van der Waals surface area contributed by atoms with Gasteiger partial charge in [-0.15, -0.1) is 11.3 Å². The van der Waals surface area contributed by atoms with Gasteiger partial charge in [0.1, 0.15) is 0 Å². The van der Waals surface area contributed by atoms with Crippen molar-refractivity contribution in [1.82, 2.24) is 9.55 Å². The molecule has 0 aliphatic heterocycles. The predicted octanol–water partition coefficient (Wildman–Crippen LogP) is 3.24. The second kappa shape index (κ2) is 5.90. The molecule has 0 aliphatic rings. The minimum Gasteiger partial charge on any atom is -0.481 e. The summed E-state index contributed by atoms with van der Waals surface area (Å²) in [6.07, 6.45) is 1.94.